The Labute approximate surface area is 174 Å². The van der Waals surface area contributed by atoms with Gasteiger partial charge in [0.15, 0.2) is 0 Å². The van der Waals surface area contributed by atoms with Gasteiger partial charge in [-0.25, -0.2) is 0 Å². The van der Waals surface area contributed by atoms with Gasteiger partial charge < -0.3 is 8.85 Å². The molecule has 0 aromatic heterocycles. The Kier molecular flexibility index (Phi) is 7.20. The fourth-order valence-electron chi connectivity index (χ4n) is 4.08. The Balaban J connectivity index is 2.63. The van der Waals surface area contributed by atoms with Crippen LogP contribution in [0.5, 0.6) is 0 Å². The summed E-state index contributed by atoms with van der Waals surface area (Å²) in [4.78, 5) is 25.8. The molecule has 2 aromatic rings. The third-order valence-electron chi connectivity index (χ3n) is 5.40. The lowest BCUT2D eigenvalue weighted by Gasteiger charge is -2.41. The highest BCUT2D eigenvalue weighted by atomic mass is 28.4. The van der Waals surface area contributed by atoms with Gasteiger partial charge >= 0.3 is 14.5 Å². The smallest absolute Gasteiger partial charge is 0.479 e. The fraction of sp³-hybridized carbons (Fsp3) is 0.333. The van der Waals surface area contributed by atoms with Crippen LogP contribution in [0.25, 0.3) is 0 Å². The van der Waals surface area contributed by atoms with E-state index in [0.717, 1.165) is 5.56 Å². The van der Waals surface area contributed by atoms with Crippen molar-refractivity contribution in [2.24, 2.45) is 11.8 Å². The first-order valence-electron chi connectivity index (χ1n) is 9.88. The van der Waals surface area contributed by atoms with E-state index in [9.17, 15) is 9.59 Å². The van der Waals surface area contributed by atoms with Gasteiger partial charge in [0.25, 0.3) is 5.97 Å². The molecule has 1 atom stereocenters. The van der Waals surface area contributed by atoms with E-state index in [1.165, 1.54) is 12.6 Å². The van der Waals surface area contributed by atoms with E-state index < -0.39 is 25.9 Å². The number of carbonyl (C=O) groups is 2. The summed E-state index contributed by atoms with van der Waals surface area (Å²) >= 11 is 0. The molecule has 0 aliphatic rings. The number of rotatable bonds is 8. The highest BCUT2D eigenvalue weighted by Gasteiger charge is 2.53. The van der Waals surface area contributed by atoms with Gasteiger partial charge in [0.1, 0.15) is 0 Å². The van der Waals surface area contributed by atoms with Crippen LogP contribution in [0.1, 0.15) is 40.2 Å². The summed E-state index contributed by atoms with van der Waals surface area (Å²) < 4.78 is 11.8. The Morgan fingerprint density at radius 3 is 1.79 bits per heavy atom. The molecule has 29 heavy (non-hydrogen) atoms. The summed E-state index contributed by atoms with van der Waals surface area (Å²) in [6, 6.07) is 18.8. The zero-order valence-electron chi connectivity index (χ0n) is 17.8. The maximum absolute atomic E-state index is 13.9. The van der Waals surface area contributed by atoms with Gasteiger partial charge in [-0.2, -0.15) is 0 Å². The van der Waals surface area contributed by atoms with Crippen LogP contribution in [0.15, 0.2) is 72.9 Å². The van der Waals surface area contributed by atoms with Crippen LogP contribution in [0.3, 0.4) is 0 Å². The van der Waals surface area contributed by atoms with E-state index in [0.29, 0.717) is 5.19 Å². The lowest BCUT2D eigenvalue weighted by Crippen LogP contribution is -2.59. The van der Waals surface area contributed by atoms with E-state index in [2.05, 4.69) is 6.58 Å². The van der Waals surface area contributed by atoms with Crippen LogP contribution in [-0.4, -0.2) is 20.5 Å². The highest BCUT2D eigenvalue weighted by molar-refractivity contribution is 6.87. The molecule has 4 nitrogen and oxygen atoms in total. The third-order valence-corrected chi connectivity index (χ3v) is 8.15. The molecule has 0 amide bonds. The van der Waals surface area contributed by atoms with Crippen molar-refractivity contribution in [2.45, 2.75) is 40.0 Å². The minimum atomic E-state index is -3.54. The van der Waals surface area contributed by atoms with E-state index in [1.807, 2.05) is 76.2 Å². The molecule has 0 bridgehead atoms. The lowest BCUT2D eigenvalue weighted by atomic mass is 9.64. The Morgan fingerprint density at radius 2 is 1.38 bits per heavy atom. The summed E-state index contributed by atoms with van der Waals surface area (Å²) in [5.41, 5.74) is 1.49. The van der Waals surface area contributed by atoms with Crippen LogP contribution >= 0.6 is 0 Å². The van der Waals surface area contributed by atoms with Crippen molar-refractivity contribution in [3.05, 3.63) is 78.5 Å². The summed E-state index contributed by atoms with van der Waals surface area (Å²) in [7, 11) is -3.54. The average molecular weight is 411 g/mol. The van der Waals surface area contributed by atoms with Crippen molar-refractivity contribution < 1.29 is 18.4 Å². The fourth-order valence-corrected chi connectivity index (χ4v) is 6.29. The molecule has 0 radical (unpaired) electrons. The monoisotopic (exact) mass is 410 g/mol. The molecule has 0 fully saturated rings. The lowest BCUT2D eigenvalue weighted by molar-refractivity contribution is -0.148. The van der Waals surface area contributed by atoms with E-state index in [4.69, 9.17) is 8.85 Å². The van der Waals surface area contributed by atoms with Crippen molar-refractivity contribution in [1.29, 1.82) is 0 Å². The van der Waals surface area contributed by atoms with Gasteiger partial charge in [-0.3, -0.25) is 9.59 Å². The molecule has 0 aliphatic carbocycles. The molecule has 1 unspecified atom stereocenters. The molecule has 2 rings (SSSR count). The van der Waals surface area contributed by atoms with Gasteiger partial charge in [-0.05, 0) is 23.1 Å². The van der Waals surface area contributed by atoms with Crippen molar-refractivity contribution in [2.75, 3.05) is 0 Å². The molecule has 0 heterocycles. The van der Waals surface area contributed by atoms with Crippen LogP contribution in [-0.2, 0) is 23.9 Å². The van der Waals surface area contributed by atoms with Gasteiger partial charge in [-0.1, -0.05) is 94.9 Å². The molecule has 5 heteroatoms. The van der Waals surface area contributed by atoms with Gasteiger partial charge in [0, 0.05) is 12.1 Å². The summed E-state index contributed by atoms with van der Waals surface area (Å²) in [5, 5.41) is 0.660. The topological polar surface area (TPSA) is 52.6 Å². The summed E-state index contributed by atoms with van der Waals surface area (Å²) in [6.07, 6.45) is 0. The molecule has 0 N–H and O–H groups in total. The van der Waals surface area contributed by atoms with E-state index >= 15 is 0 Å². The molecular formula is C24H30O4Si. The molecule has 2 aromatic carbocycles. The van der Waals surface area contributed by atoms with Gasteiger partial charge in [-0.15, -0.1) is 0 Å². The summed E-state index contributed by atoms with van der Waals surface area (Å²) in [5.74, 6) is -0.984. The minimum Gasteiger partial charge on any atom is -0.479 e. The molecule has 0 saturated carbocycles. The second-order valence-corrected chi connectivity index (χ2v) is 10.5. The van der Waals surface area contributed by atoms with Crippen LogP contribution in [0.2, 0.25) is 0 Å². The number of benzene rings is 2. The predicted molar refractivity (Wildman–Crippen MR) is 118 cm³/mol. The first kappa shape index (κ1) is 22.6. The van der Waals surface area contributed by atoms with Crippen molar-refractivity contribution >= 4 is 25.7 Å². The van der Waals surface area contributed by atoms with Crippen LogP contribution < -0.4 is 5.19 Å². The average Bonchev–Trinajstić information content (AvgIpc) is 2.68. The van der Waals surface area contributed by atoms with Crippen molar-refractivity contribution in [1.82, 2.24) is 0 Å². The molecule has 0 saturated heterocycles. The quantitative estimate of drug-likeness (QED) is 0.605. The number of hydrogen-bond acceptors (Lipinski definition) is 4. The molecular weight excluding hydrogens is 380 g/mol. The normalized spacial score (nSPS) is 13.6. The third kappa shape index (κ3) is 4.35. The Morgan fingerprint density at radius 1 is 0.897 bits per heavy atom. The second-order valence-electron chi connectivity index (χ2n) is 7.77. The molecule has 0 aliphatic heterocycles. The minimum absolute atomic E-state index is 0.0398. The Bertz CT molecular complexity index is 838. The van der Waals surface area contributed by atoms with Gasteiger partial charge in [0.05, 0.1) is 5.41 Å². The summed E-state index contributed by atoms with van der Waals surface area (Å²) in [6.45, 7) is 13.2. The van der Waals surface area contributed by atoms with Gasteiger partial charge in [0.2, 0.25) is 0 Å². The standard InChI is InChI=1S/C24H30O4Si/c1-7-29(27-20(6)25,22-16-12-9-13-17-22)28-23(26)24(18(2)3,19(4)5)21-14-10-8-11-15-21/h7-19H,1H2,2-6H3. The van der Waals surface area contributed by atoms with Crippen molar-refractivity contribution in [3.8, 4) is 0 Å². The molecule has 154 valence electrons. The maximum Gasteiger partial charge on any atom is 0.526 e. The predicted octanol–water partition coefficient (Wildman–Crippen LogP) is 4.42. The largest absolute Gasteiger partial charge is 0.526 e. The van der Waals surface area contributed by atoms with Crippen molar-refractivity contribution in [3.63, 3.8) is 0 Å². The zero-order valence-corrected chi connectivity index (χ0v) is 18.8. The number of carbonyl (C=O) groups excluding carboxylic acids is 2. The number of hydrogen-bond donors (Lipinski definition) is 0. The van der Waals surface area contributed by atoms with Crippen LogP contribution in [0, 0.1) is 11.8 Å². The van der Waals surface area contributed by atoms with E-state index in [1.54, 1.807) is 12.1 Å². The second kappa shape index (κ2) is 9.22. The first-order chi connectivity index (χ1) is 13.7. The van der Waals surface area contributed by atoms with Crippen LogP contribution in [0.4, 0.5) is 0 Å². The first-order valence-corrected chi connectivity index (χ1v) is 11.8. The zero-order chi connectivity index (χ0) is 21.7. The highest BCUT2D eigenvalue weighted by Crippen LogP contribution is 2.41. The maximum atomic E-state index is 13.9. The Hall–Kier alpha value is -2.66. The SMILES string of the molecule is C=C[Si](OC(C)=O)(OC(=O)C(c1ccccc1)(C(C)C)C(C)C)c1ccccc1. The molecule has 0 spiro atoms. The van der Waals surface area contributed by atoms with E-state index in [-0.39, 0.29) is 11.8 Å².